The van der Waals surface area contributed by atoms with E-state index in [9.17, 15) is 9.59 Å². The second kappa shape index (κ2) is 7.22. The lowest BCUT2D eigenvalue weighted by molar-refractivity contribution is -0.121. The van der Waals surface area contributed by atoms with Crippen LogP contribution in [0, 0.1) is 0 Å². The highest BCUT2D eigenvalue weighted by Crippen LogP contribution is 2.17. The van der Waals surface area contributed by atoms with E-state index in [1.165, 1.54) is 12.5 Å². The monoisotopic (exact) mass is 328 g/mol. The molecule has 1 saturated heterocycles. The van der Waals surface area contributed by atoms with Crippen molar-refractivity contribution in [2.75, 3.05) is 25.1 Å². The molecule has 8 heteroatoms. The molecule has 1 fully saturated rings. The molecule has 0 radical (unpaired) electrons. The van der Waals surface area contributed by atoms with Gasteiger partial charge >= 0.3 is 0 Å². The van der Waals surface area contributed by atoms with Crippen molar-refractivity contribution in [2.45, 2.75) is 19.9 Å². The number of aromatic nitrogens is 3. The first kappa shape index (κ1) is 16.1. The Hall–Kier alpha value is -2.74. The van der Waals surface area contributed by atoms with Crippen molar-refractivity contribution in [3.8, 4) is 11.3 Å². The van der Waals surface area contributed by atoms with E-state index in [1.807, 2.05) is 19.1 Å². The summed E-state index contributed by atoms with van der Waals surface area (Å²) in [7, 11) is 0. The molecular formula is C16H20N6O2. The number of anilines is 1. The van der Waals surface area contributed by atoms with E-state index >= 15 is 0 Å². The molecule has 1 amide bonds. The van der Waals surface area contributed by atoms with Crippen LogP contribution in [0.2, 0.25) is 0 Å². The third-order valence-electron chi connectivity index (χ3n) is 3.72. The molecule has 0 unspecified atom stereocenters. The summed E-state index contributed by atoms with van der Waals surface area (Å²) in [6, 6.07) is 6.80. The highest BCUT2D eigenvalue weighted by Gasteiger charge is 2.13. The van der Waals surface area contributed by atoms with Crippen LogP contribution in [0.1, 0.15) is 13.3 Å². The minimum Gasteiger partial charge on any atom is -0.355 e. The number of rotatable bonds is 6. The molecule has 0 bridgehead atoms. The Balaban J connectivity index is 1.76. The molecule has 0 atom stereocenters. The Morgan fingerprint density at radius 1 is 1.25 bits per heavy atom. The van der Waals surface area contributed by atoms with Gasteiger partial charge in [-0.3, -0.25) is 9.59 Å². The van der Waals surface area contributed by atoms with Crippen LogP contribution in [0.15, 0.2) is 35.3 Å². The number of likely N-dealkylation sites (N-methyl/N-ethyl adjacent to an activating group) is 1. The zero-order valence-electron chi connectivity index (χ0n) is 13.5. The zero-order chi connectivity index (χ0) is 16.9. The number of carbonyl (C=O) groups excluding carboxylic acids is 1. The minimum absolute atomic E-state index is 0.0947. The van der Waals surface area contributed by atoms with E-state index in [1.54, 1.807) is 12.3 Å². The summed E-state index contributed by atoms with van der Waals surface area (Å²) >= 11 is 0. The normalized spacial score (nSPS) is 14.0. The Kier molecular flexibility index (Phi) is 4.85. The summed E-state index contributed by atoms with van der Waals surface area (Å²) in [5, 5.41) is 9.00. The smallest absolute Gasteiger partial charge is 0.267 e. The molecule has 1 aliphatic rings. The van der Waals surface area contributed by atoms with Crippen LogP contribution < -0.4 is 16.3 Å². The number of hydrogen-bond acceptors (Lipinski definition) is 6. The Morgan fingerprint density at radius 2 is 2.08 bits per heavy atom. The fourth-order valence-electron chi connectivity index (χ4n) is 2.31. The quantitative estimate of drug-likeness (QED) is 0.801. The molecule has 3 heterocycles. The van der Waals surface area contributed by atoms with E-state index < -0.39 is 0 Å². The van der Waals surface area contributed by atoms with Crippen molar-refractivity contribution in [3.05, 3.63) is 40.8 Å². The SMILES string of the molecule is CCNC(=O)Cn1nc(-c2ccc(NN3CCC3)nc2)ccc1=O. The average Bonchev–Trinajstić information content (AvgIpc) is 2.54. The Bertz CT molecular complexity index is 767. The average molecular weight is 328 g/mol. The topological polar surface area (TPSA) is 92.2 Å². The molecular weight excluding hydrogens is 308 g/mol. The fraction of sp³-hybridized carbons (Fsp3) is 0.375. The van der Waals surface area contributed by atoms with Gasteiger partial charge in [0.2, 0.25) is 5.91 Å². The first-order chi connectivity index (χ1) is 11.7. The molecule has 8 nitrogen and oxygen atoms in total. The zero-order valence-corrected chi connectivity index (χ0v) is 13.5. The number of amides is 1. The van der Waals surface area contributed by atoms with Crippen LogP contribution in [-0.4, -0.2) is 45.3 Å². The highest BCUT2D eigenvalue weighted by atomic mass is 16.2. The number of nitrogens with zero attached hydrogens (tertiary/aromatic N) is 4. The van der Waals surface area contributed by atoms with Gasteiger partial charge in [0.25, 0.3) is 5.56 Å². The van der Waals surface area contributed by atoms with E-state index in [-0.39, 0.29) is 18.0 Å². The molecule has 24 heavy (non-hydrogen) atoms. The van der Waals surface area contributed by atoms with Crippen LogP contribution >= 0.6 is 0 Å². The second-order valence-corrected chi connectivity index (χ2v) is 5.55. The van der Waals surface area contributed by atoms with Crippen LogP contribution in [0.25, 0.3) is 11.3 Å². The van der Waals surface area contributed by atoms with Gasteiger partial charge in [-0.25, -0.2) is 14.7 Å². The molecule has 2 N–H and O–H groups in total. The second-order valence-electron chi connectivity index (χ2n) is 5.55. The first-order valence-corrected chi connectivity index (χ1v) is 7.98. The summed E-state index contributed by atoms with van der Waals surface area (Å²) in [6.07, 6.45) is 2.90. The van der Waals surface area contributed by atoms with Gasteiger partial charge in [-0.15, -0.1) is 0 Å². The Morgan fingerprint density at radius 3 is 2.71 bits per heavy atom. The summed E-state index contributed by atoms with van der Waals surface area (Å²) in [4.78, 5) is 27.9. The van der Waals surface area contributed by atoms with Crippen molar-refractivity contribution in [1.82, 2.24) is 25.1 Å². The fourth-order valence-corrected chi connectivity index (χ4v) is 2.31. The maximum Gasteiger partial charge on any atom is 0.267 e. The number of carbonyl (C=O) groups is 1. The predicted molar refractivity (Wildman–Crippen MR) is 90.2 cm³/mol. The molecule has 0 saturated carbocycles. The summed E-state index contributed by atoms with van der Waals surface area (Å²) in [5.41, 5.74) is 4.29. The summed E-state index contributed by atoms with van der Waals surface area (Å²) in [6.45, 7) is 4.29. The van der Waals surface area contributed by atoms with Crippen LogP contribution in [0.3, 0.4) is 0 Å². The first-order valence-electron chi connectivity index (χ1n) is 7.98. The van der Waals surface area contributed by atoms with Gasteiger partial charge in [-0.05, 0) is 31.5 Å². The van der Waals surface area contributed by atoms with Gasteiger partial charge in [0.05, 0.1) is 5.69 Å². The minimum atomic E-state index is -0.311. The molecule has 0 aromatic carbocycles. The van der Waals surface area contributed by atoms with Gasteiger partial charge in [0.15, 0.2) is 0 Å². The third-order valence-corrected chi connectivity index (χ3v) is 3.72. The van der Waals surface area contributed by atoms with Crippen molar-refractivity contribution < 1.29 is 4.79 Å². The van der Waals surface area contributed by atoms with E-state index in [2.05, 4.69) is 25.8 Å². The maximum absolute atomic E-state index is 11.8. The lowest BCUT2D eigenvalue weighted by Gasteiger charge is -2.31. The standard InChI is InChI=1S/C16H20N6O2/c1-2-17-15(23)11-22-16(24)7-5-13(19-22)12-4-6-14(18-10-12)20-21-8-3-9-21/h4-7,10H,2-3,8-9,11H2,1H3,(H,17,23)(H,18,20). The molecule has 126 valence electrons. The molecule has 1 aliphatic heterocycles. The van der Waals surface area contributed by atoms with Crippen molar-refractivity contribution in [2.24, 2.45) is 0 Å². The van der Waals surface area contributed by atoms with Gasteiger partial charge in [-0.1, -0.05) is 0 Å². The number of hydrogen-bond donors (Lipinski definition) is 2. The molecule has 0 spiro atoms. The molecule has 2 aromatic heterocycles. The number of pyridine rings is 1. The number of nitrogens with one attached hydrogen (secondary N) is 2. The lowest BCUT2D eigenvalue weighted by atomic mass is 10.2. The molecule has 3 rings (SSSR count). The largest absolute Gasteiger partial charge is 0.355 e. The lowest BCUT2D eigenvalue weighted by Crippen LogP contribution is -2.41. The van der Waals surface area contributed by atoms with Crippen LogP contribution in [0.5, 0.6) is 0 Å². The highest BCUT2D eigenvalue weighted by molar-refractivity contribution is 5.75. The molecule has 0 aliphatic carbocycles. The van der Waals surface area contributed by atoms with Gasteiger partial charge in [-0.2, -0.15) is 5.10 Å². The van der Waals surface area contributed by atoms with E-state index in [0.29, 0.717) is 12.2 Å². The Labute approximate surface area is 139 Å². The van der Waals surface area contributed by atoms with E-state index in [0.717, 1.165) is 29.2 Å². The molecule has 2 aromatic rings. The number of hydrazine groups is 1. The van der Waals surface area contributed by atoms with Gasteiger partial charge in [0.1, 0.15) is 12.4 Å². The third kappa shape index (κ3) is 3.77. The van der Waals surface area contributed by atoms with Crippen molar-refractivity contribution >= 4 is 11.7 Å². The van der Waals surface area contributed by atoms with Crippen molar-refractivity contribution in [1.29, 1.82) is 0 Å². The van der Waals surface area contributed by atoms with E-state index in [4.69, 9.17) is 0 Å². The predicted octanol–water partition coefficient (Wildman–Crippen LogP) is 0.474. The van der Waals surface area contributed by atoms with Crippen LogP contribution in [0.4, 0.5) is 5.82 Å². The summed E-state index contributed by atoms with van der Waals surface area (Å²) in [5.74, 6) is 0.533. The van der Waals surface area contributed by atoms with Crippen molar-refractivity contribution in [3.63, 3.8) is 0 Å². The summed E-state index contributed by atoms with van der Waals surface area (Å²) < 4.78 is 1.16. The van der Waals surface area contributed by atoms with Crippen LogP contribution in [-0.2, 0) is 11.3 Å². The maximum atomic E-state index is 11.8. The van der Waals surface area contributed by atoms with Gasteiger partial charge in [0, 0.05) is 37.5 Å². The van der Waals surface area contributed by atoms with Gasteiger partial charge < -0.3 is 10.7 Å².